The quantitative estimate of drug-likeness (QED) is 0.793. The van der Waals surface area contributed by atoms with Gasteiger partial charge < -0.3 is 15.7 Å². The van der Waals surface area contributed by atoms with Gasteiger partial charge in [0.05, 0.1) is 24.0 Å². The molecule has 22 heavy (non-hydrogen) atoms. The van der Waals surface area contributed by atoms with Crippen LogP contribution in [0.4, 0.5) is 11.5 Å². The Labute approximate surface area is 130 Å². The lowest BCUT2D eigenvalue weighted by Gasteiger charge is -2.24. The predicted molar refractivity (Wildman–Crippen MR) is 88.2 cm³/mol. The highest BCUT2D eigenvalue weighted by Crippen LogP contribution is 2.15. The van der Waals surface area contributed by atoms with E-state index in [9.17, 15) is 9.90 Å². The maximum Gasteiger partial charge on any atom is 0.255 e. The maximum atomic E-state index is 12.1. The van der Waals surface area contributed by atoms with E-state index in [1.54, 1.807) is 24.4 Å². The second kappa shape index (κ2) is 6.58. The number of aliphatic hydroxyl groups excluding tert-OH is 1. The molecule has 2 rings (SSSR count). The minimum Gasteiger partial charge on any atom is -0.394 e. The first-order valence-corrected chi connectivity index (χ1v) is 7.13. The van der Waals surface area contributed by atoms with Gasteiger partial charge in [-0.3, -0.25) is 4.79 Å². The molecule has 0 aliphatic heterocycles. The number of carbonyl (C=O) groups excluding carboxylic acids is 1. The van der Waals surface area contributed by atoms with Gasteiger partial charge in [-0.1, -0.05) is 17.7 Å². The number of amides is 1. The fraction of sp³-hybridized carbons (Fsp3) is 0.294. The number of aryl methyl sites for hydroxylation is 1. The Morgan fingerprint density at radius 2 is 2.05 bits per heavy atom. The van der Waals surface area contributed by atoms with Crippen LogP contribution in [0.2, 0.25) is 0 Å². The lowest BCUT2D eigenvalue weighted by atomic mass is 10.1. The zero-order chi connectivity index (χ0) is 16.2. The van der Waals surface area contributed by atoms with Gasteiger partial charge in [0.2, 0.25) is 0 Å². The van der Waals surface area contributed by atoms with Crippen molar-refractivity contribution in [3.8, 4) is 0 Å². The van der Waals surface area contributed by atoms with Crippen molar-refractivity contribution in [1.82, 2.24) is 4.98 Å². The summed E-state index contributed by atoms with van der Waals surface area (Å²) in [6.07, 6.45) is 1.59. The number of pyridine rings is 1. The van der Waals surface area contributed by atoms with Crippen LogP contribution in [0.1, 0.15) is 29.8 Å². The number of hydrogen-bond acceptors (Lipinski definition) is 4. The molecule has 1 amide bonds. The number of nitrogens with zero attached hydrogens (tertiary/aromatic N) is 1. The monoisotopic (exact) mass is 299 g/mol. The summed E-state index contributed by atoms with van der Waals surface area (Å²) in [6, 6.07) is 11.0. The van der Waals surface area contributed by atoms with Gasteiger partial charge in [0.25, 0.3) is 5.91 Å². The maximum absolute atomic E-state index is 12.1. The minimum absolute atomic E-state index is 0.000521. The van der Waals surface area contributed by atoms with Crippen molar-refractivity contribution in [3.05, 3.63) is 53.7 Å². The Balaban J connectivity index is 2.04. The summed E-state index contributed by atoms with van der Waals surface area (Å²) in [5.74, 6) is 0.481. The van der Waals surface area contributed by atoms with E-state index in [4.69, 9.17) is 0 Å². The predicted octanol–water partition coefficient (Wildman–Crippen LogP) is 2.83. The van der Waals surface area contributed by atoms with Crippen molar-refractivity contribution in [1.29, 1.82) is 0 Å². The Morgan fingerprint density at radius 3 is 2.64 bits per heavy atom. The zero-order valence-corrected chi connectivity index (χ0v) is 13.1. The van der Waals surface area contributed by atoms with E-state index in [0.717, 1.165) is 5.56 Å². The molecule has 2 aromatic rings. The molecule has 0 saturated carbocycles. The molecule has 0 bridgehead atoms. The lowest BCUT2D eigenvalue weighted by molar-refractivity contribution is 0.102. The fourth-order valence-corrected chi connectivity index (χ4v) is 1.92. The summed E-state index contributed by atoms with van der Waals surface area (Å²) in [4.78, 5) is 16.4. The summed E-state index contributed by atoms with van der Waals surface area (Å²) in [5.41, 5.74) is 1.83. The topological polar surface area (TPSA) is 74.2 Å². The minimum atomic E-state index is -0.445. The Hall–Kier alpha value is -2.40. The number of aromatic nitrogens is 1. The molecular weight excluding hydrogens is 278 g/mol. The second-order valence-electron chi connectivity index (χ2n) is 5.92. The Bertz CT molecular complexity index is 651. The first-order chi connectivity index (χ1) is 10.4. The van der Waals surface area contributed by atoms with E-state index in [1.807, 2.05) is 39.0 Å². The molecule has 3 N–H and O–H groups in total. The van der Waals surface area contributed by atoms with Crippen molar-refractivity contribution in [2.75, 3.05) is 17.2 Å². The Morgan fingerprint density at radius 1 is 1.27 bits per heavy atom. The number of rotatable bonds is 5. The second-order valence-corrected chi connectivity index (χ2v) is 5.92. The van der Waals surface area contributed by atoms with Gasteiger partial charge in [-0.05, 0) is 45.0 Å². The lowest BCUT2D eigenvalue weighted by Crippen LogP contribution is -2.35. The normalized spacial score (nSPS) is 11.1. The number of anilines is 2. The van der Waals surface area contributed by atoms with Crippen LogP contribution in [-0.4, -0.2) is 28.1 Å². The first-order valence-electron chi connectivity index (χ1n) is 7.13. The van der Waals surface area contributed by atoms with Gasteiger partial charge in [0, 0.05) is 5.56 Å². The zero-order valence-electron chi connectivity index (χ0n) is 13.1. The van der Waals surface area contributed by atoms with Crippen molar-refractivity contribution < 1.29 is 9.90 Å². The molecule has 0 radical (unpaired) electrons. The molecule has 0 saturated heterocycles. The molecule has 1 heterocycles. The number of nitrogens with one attached hydrogen (secondary N) is 2. The third-order valence-electron chi connectivity index (χ3n) is 3.16. The molecule has 1 aromatic carbocycles. The van der Waals surface area contributed by atoms with E-state index in [-0.39, 0.29) is 12.5 Å². The van der Waals surface area contributed by atoms with E-state index >= 15 is 0 Å². The first kappa shape index (κ1) is 16.0. The molecule has 0 spiro atoms. The van der Waals surface area contributed by atoms with Gasteiger partial charge >= 0.3 is 0 Å². The van der Waals surface area contributed by atoms with Crippen LogP contribution >= 0.6 is 0 Å². The molecule has 5 nitrogen and oxygen atoms in total. The van der Waals surface area contributed by atoms with Crippen molar-refractivity contribution in [2.45, 2.75) is 26.3 Å². The van der Waals surface area contributed by atoms with E-state index in [1.165, 1.54) is 0 Å². The SMILES string of the molecule is Cc1cccc(C(=O)Nc2ccc(NC(C)(C)CO)nc2)c1. The van der Waals surface area contributed by atoms with Gasteiger partial charge in [0.1, 0.15) is 5.82 Å². The van der Waals surface area contributed by atoms with Gasteiger partial charge in [-0.2, -0.15) is 0 Å². The standard InChI is InChI=1S/C17H21N3O2/c1-12-5-4-6-13(9-12)16(22)19-14-7-8-15(18-10-14)20-17(2,3)11-21/h4-10,21H,11H2,1-3H3,(H,18,20)(H,19,22). The van der Waals surface area contributed by atoms with Crippen molar-refractivity contribution >= 4 is 17.4 Å². The molecule has 0 aliphatic carbocycles. The largest absolute Gasteiger partial charge is 0.394 e. The number of benzene rings is 1. The highest BCUT2D eigenvalue weighted by atomic mass is 16.3. The fourth-order valence-electron chi connectivity index (χ4n) is 1.92. The Kier molecular flexibility index (Phi) is 4.78. The van der Waals surface area contributed by atoms with Crippen LogP contribution in [-0.2, 0) is 0 Å². The molecular formula is C17H21N3O2. The molecule has 0 aliphatic rings. The molecule has 1 aromatic heterocycles. The van der Waals surface area contributed by atoms with Crippen LogP contribution in [0.5, 0.6) is 0 Å². The summed E-state index contributed by atoms with van der Waals surface area (Å²) in [7, 11) is 0. The van der Waals surface area contributed by atoms with Crippen LogP contribution < -0.4 is 10.6 Å². The summed E-state index contributed by atoms with van der Waals surface area (Å²) in [5, 5.41) is 15.2. The van der Waals surface area contributed by atoms with Crippen LogP contribution in [0.3, 0.4) is 0 Å². The molecule has 5 heteroatoms. The van der Waals surface area contributed by atoms with Gasteiger partial charge in [-0.15, -0.1) is 0 Å². The van der Waals surface area contributed by atoms with Crippen LogP contribution in [0.15, 0.2) is 42.6 Å². The smallest absolute Gasteiger partial charge is 0.255 e. The molecule has 0 atom stereocenters. The van der Waals surface area contributed by atoms with Crippen molar-refractivity contribution in [3.63, 3.8) is 0 Å². The highest BCUT2D eigenvalue weighted by molar-refractivity contribution is 6.04. The van der Waals surface area contributed by atoms with E-state index in [0.29, 0.717) is 17.1 Å². The number of carbonyl (C=O) groups is 1. The number of aliphatic hydroxyl groups is 1. The third kappa shape index (κ3) is 4.30. The van der Waals surface area contributed by atoms with Gasteiger partial charge in [0.15, 0.2) is 0 Å². The van der Waals surface area contributed by atoms with E-state index in [2.05, 4.69) is 15.6 Å². The average Bonchev–Trinajstić information content (AvgIpc) is 2.49. The van der Waals surface area contributed by atoms with E-state index < -0.39 is 5.54 Å². The van der Waals surface area contributed by atoms with Crippen LogP contribution in [0, 0.1) is 6.92 Å². The number of hydrogen-bond donors (Lipinski definition) is 3. The molecule has 0 unspecified atom stereocenters. The highest BCUT2D eigenvalue weighted by Gasteiger charge is 2.16. The molecule has 0 fully saturated rings. The average molecular weight is 299 g/mol. The third-order valence-corrected chi connectivity index (χ3v) is 3.16. The molecule has 116 valence electrons. The summed E-state index contributed by atoms with van der Waals surface area (Å²) in [6.45, 7) is 5.70. The summed E-state index contributed by atoms with van der Waals surface area (Å²) >= 11 is 0. The van der Waals surface area contributed by atoms with Crippen LogP contribution in [0.25, 0.3) is 0 Å². The summed E-state index contributed by atoms with van der Waals surface area (Å²) < 4.78 is 0. The van der Waals surface area contributed by atoms with Gasteiger partial charge in [-0.25, -0.2) is 4.98 Å². The van der Waals surface area contributed by atoms with Crippen molar-refractivity contribution in [2.24, 2.45) is 0 Å².